The molecule has 0 radical (unpaired) electrons. The van der Waals surface area contributed by atoms with Gasteiger partial charge in [0, 0.05) is 14.1 Å². The largest absolute Gasteiger partial charge is 0.374 e. The molecule has 2 aromatic rings. The van der Waals surface area contributed by atoms with Crippen molar-refractivity contribution in [3.8, 4) is 0 Å². The van der Waals surface area contributed by atoms with Gasteiger partial charge >= 0.3 is 5.69 Å². The molecule has 0 unspecified atom stereocenters. The summed E-state index contributed by atoms with van der Waals surface area (Å²) in [5.74, 6) is 0. The summed E-state index contributed by atoms with van der Waals surface area (Å²) < 4.78 is 22.5. The van der Waals surface area contributed by atoms with Crippen LogP contribution in [0.1, 0.15) is 0 Å². The highest BCUT2D eigenvalue weighted by atomic mass is 19.1. The van der Waals surface area contributed by atoms with Gasteiger partial charge in [0.05, 0.1) is 26.1 Å². The van der Waals surface area contributed by atoms with Gasteiger partial charge in [-0.1, -0.05) is 0 Å². The molecule has 1 aliphatic rings. The van der Waals surface area contributed by atoms with Crippen molar-refractivity contribution in [3.05, 3.63) is 27.2 Å². The van der Waals surface area contributed by atoms with E-state index in [-0.39, 0.29) is 25.3 Å². The van der Waals surface area contributed by atoms with Crippen LogP contribution in [0.15, 0.2) is 15.9 Å². The van der Waals surface area contributed by atoms with Crippen molar-refractivity contribution in [2.24, 2.45) is 14.1 Å². The summed E-state index contributed by atoms with van der Waals surface area (Å²) >= 11 is 0. The van der Waals surface area contributed by atoms with Crippen LogP contribution in [-0.4, -0.2) is 37.6 Å². The average molecular weight is 268 g/mol. The second-order valence-electron chi connectivity index (χ2n) is 4.90. The van der Waals surface area contributed by atoms with Gasteiger partial charge in [-0.2, -0.15) is 0 Å². The molecule has 0 spiro atoms. The van der Waals surface area contributed by atoms with Gasteiger partial charge in [0.25, 0.3) is 5.56 Å². The second kappa shape index (κ2) is 3.77. The van der Waals surface area contributed by atoms with E-state index in [0.29, 0.717) is 5.65 Å². The molecule has 0 atom stereocenters. The van der Waals surface area contributed by atoms with Crippen LogP contribution in [0.2, 0.25) is 0 Å². The molecule has 8 heteroatoms. The minimum atomic E-state index is -1.64. The molecule has 1 saturated heterocycles. The first-order chi connectivity index (χ1) is 8.93. The Morgan fingerprint density at radius 2 is 2.11 bits per heavy atom. The van der Waals surface area contributed by atoms with E-state index < -0.39 is 16.9 Å². The summed E-state index contributed by atoms with van der Waals surface area (Å²) in [5, 5.41) is 0. The number of imidazole rings is 1. The van der Waals surface area contributed by atoms with E-state index in [2.05, 4.69) is 4.98 Å². The smallest absolute Gasteiger partial charge is 0.332 e. The molecular weight excluding hydrogens is 255 g/mol. The molecule has 7 nitrogen and oxygen atoms in total. The van der Waals surface area contributed by atoms with Crippen LogP contribution >= 0.6 is 0 Å². The van der Waals surface area contributed by atoms with Gasteiger partial charge in [-0.05, 0) is 0 Å². The number of hydrogen-bond acceptors (Lipinski definition) is 4. The van der Waals surface area contributed by atoms with Crippen LogP contribution in [-0.2, 0) is 25.4 Å². The van der Waals surface area contributed by atoms with E-state index >= 15 is 0 Å². The fourth-order valence-corrected chi connectivity index (χ4v) is 2.23. The molecule has 0 aromatic carbocycles. The van der Waals surface area contributed by atoms with Crippen LogP contribution in [0.3, 0.4) is 0 Å². The molecule has 0 saturated carbocycles. The zero-order valence-electron chi connectivity index (χ0n) is 10.6. The van der Waals surface area contributed by atoms with Crippen molar-refractivity contribution in [1.29, 1.82) is 0 Å². The van der Waals surface area contributed by atoms with Crippen molar-refractivity contribution in [1.82, 2.24) is 18.7 Å². The molecule has 3 heterocycles. The Hall–Kier alpha value is -1.96. The lowest BCUT2D eigenvalue weighted by atomic mass is 10.1. The lowest BCUT2D eigenvalue weighted by Gasteiger charge is -2.33. The Morgan fingerprint density at radius 1 is 1.42 bits per heavy atom. The van der Waals surface area contributed by atoms with Gasteiger partial charge in [0.1, 0.15) is 0 Å². The number of rotatable bonds is 2. The third-order valence-electron chi connectivity index (χ3n) is 3.36. The van der Waals surface area contributed by atoms with E-state index in [9.17, 15) is 14.0 Å². The van der Waals surface area contributed by atoms with Crippen LogP contribution < -0.4 is 11.2 Å². The van der Waals surface area contributed by atoms with Gasteiger partial charge in [-0.25, -0.2) is 14.2 Å². The Balaban J connectivity index is 2.27. The fourth-order valence-electron chi connectivity index (χ4n) is 2.23. The normalized spacial score (nSPS) is 17.6. The molecular formula is C11H13FN4O3. The summed E-state index contributed by atoms with van der Waals surface area (Å²) in [5.41, 5.74) is -2.15. The molecule has 19 heavy (non-hydrogen) atoms. The van der Waals surface area contributed by atoms with Crippen molar-refractivity contribution in [2.75, 3.05) is 13.2 Å². The highest BCUT2D eigenvalue weighted by Crippen LogP contribution is 2.22. The molecule has 2 aromatic heterocycles. The molecule has 0 N–H and O–H groups in total. The fraction of sp³-hybridized carbons (Fsp3) is 0.545. The number of aryl methyl sites for hydroxylation is 2. The van der Waals surface area contributed by atoms with Gasteiger partial charge in [0.15, 0.2) is 16.8 Å². The van der Waals surface area contributed by atoms with Crippen molar-refractivity contribution < 1.29 is 9.13 Å². The van der Waals surface area contributed by atoms with E-state index in [1.165, 1.54) is 22.5 Å². The van der Waals surface area contributed by atoms with Crippen molar-refractivity contribution in [2.45, 2.75) is 12.2 Å². The highest BCUT2D eigenvalue weighted by Gasteiger charge is 2.40. The molecule has 1 aliphatic heterocycles. The van der Waals surface area contributed by atoms with Gasteiger partial charge in [0.2, 0.25) is 0 Å². The first-order valence-electron chi connectivity index (χ1n) is 5.80. The number of halogens is 1. The number of ether oxygens (including phenoxy) is 1. The third kappa shape index (κ3) is 1.63. The number of hydrogen-bond donors (Lipinski definition) is 0. The van der Waals surface area contributed by atoms with Crippen LogP contribution in [0, 0.1) is 0 Å². The van der Waals surface area contributed by atoms with Gasteiger partial charge < -0.3 is 9.30 Å². The predicted molar refractivity (Wildman–Crippen MR) is 64.9 cm³/mol. The SMILES string of the molecule is Cn1cnc2c1c(=O)n(CC1(F)COC1)c(=O)n2C. The van der Waals surface area contributed by atoms with E-state index in [1.807, 2.05) is 0 Å². The van der Waals surface area contributed by atoms with Gasteiger partial charge in [-0.15, -0.1) is 0 Å². The maximum Gasteiger partial charge on any atom is 0.332 e. The van der Waals surface area contributed by atoms with E-state index in [0.717, 1.165) is 4.57 Å². The summed E-state index contributed by atoms with van der Waals surface area (Å²) in [6.45, 7) is -0.475. The van der Waals surface area contributed by atoms with E-state index in [1.54, 1.807) is 7.05 Å². The zero-order chi connectivity index (χ0) is 13.8. The zero-order valence-corrected chi connectivity index (χ0v) is 10.6. The van der Waals surface area contributed by atoms with Crippen molar-refractivity contribution in [3.63, 3.8) is 0 Å². The van der Waals surface area contributed by atoms with Crippen LogP contribution in [0.4, 0.5) is 4.39 Å². The number of alkyl halides is 1. The second-order valence-corrected chi connectivity index (χ2v) is 4.90. The Bertz CT molecular complexity index is 769. The maximum atomic E-state index is 14.1. The van der Waals surface area contributed by atoms with Crippen LogP contribution in [0.5, 0.6) is 0 Å². The highest BCUT2D eigenvalue weighted by molar-refractivity contribution is 5.69. The summed E-state index contributed by atoms with van der Waals surface area (Å²) in [6, 6.07) is 0. The minimum Gasteiger partial charge on any atom is -0.374 e. The van der Waals surface area contributed by atoms with Crippen molar-refractivity contribution >= 4 is 11.2 Å². The topological polar surface area (TPSA) is 71.1 Å². The van der Waals surface area contributed by atoms with Gasteiger partial charge in [-0.3, -0.25) is 13.9 Å². The Labute approximate surface area is 106 Å². The maximum absolute atomic E-state index is 14.1. The monoisotopic (exact) mass is 268 g/mol. The Morgan fingerprint density at radius 3 is 2.68 bits per heavy atom. The average Bonchev–Trinajstić information content (AvgIpc) is 2.72. The number of fused-ring (bicyclic) bond motifs is 1. The molecule has 0 bridgehead atoms. The number of aromatic nitrogens is 4. The third-order valence-corrected chi connectivity index (χ3v) is 3.36. The lowest BCUT2D eigenvalue weighted by Crippen LogP contribution is -2.53. The quantitative estimate of drug-likeness (QED) is 0.713. The molecule has 0 amide bonds. The summed E-state index contributed by atoms with van der Waals surface area (Å²) in [6.07, 6.45) is 1.45. The summed E-state index contributed by atoms with van der Waals surface area (Å²) in [4.78, 5) is 28.4. The molecule has 1 fully saturated rings. The standard InChI is InChI=1S/C11H13FN4O3/c1-14-6-13-8-7(14)9(17)16(10(18)15(8)2)3-11(12)4-19-5-11/h6H,3-5H2,1-2H3. The molecule has 102 valence electrons. The summed E-state index contributed by atoms with van der Waals surface area (Å²) in [7, 11) is 3.17. The number of nitrogens with zero attached hydrogens (tertiary/aromatic N) is 4. The lowest BCUT2D eigenvalue weighted by molar-refractivity contribution is -0.138. The predicted octanol–water partition coefficient (Wildman–Crippen LogP) is -0.828. The van der Waals surface area contributed by atoms with E-state index in [4.69, 9.17) is 4.74 Å². The first kappa shape index (κ1) is 12.1. The minimum absolute atomic E-state index is 0.0913. The van der Waals surface area contributed by atoms with Crippen LogP contribution in [0.25, 0.3) is 11.2 Å². The molecule has 3 rings (SSSR count). The Kier molecular flexibility index (Phi) is 2.40. The molecule has 0 aliphatic carbocycles. The first-order valence-corrected chi connectivity index (χ1v) is 5.80.